The molecule has 6 heteroatoms. The molecule has 2 aromatic carbocycles. The highest BCUT2D eigenvalue weighted by Gasteiger charge is 2.21. The fourth-order valence-electron chi connectivity index (χ4n) is 2.51. The number of rotatable bonds is 4. The minimum Gasteiger partial charge on any atom is -0.444 e. The van der Waals surface area contributed by atoms with E-state index in [1.165, 1.54) is 29.9 Å². The molecular weight excluding hydrogens is 333 g/mol. The quantitative estimate of drug-likeness (QED) is 0.666. The van der Waals surface area contributed by atoms with Gasteiger partial charge in [0.15, 0.2) is 6.10 Å². The van der Waals surface area contributed by atoms with Gasteiger partial charge >= 0.3 is 5.97 Å². The van der Waals surface area contributed by atoms with E-state index in [0.29, 0.717) is 11.4 Å². The minimum atomic E-state index is -0.873. The van der Waals surface area contributed by atoms with Crippen LogP contribution in [0.2, 0.25) is 0 Å². The van der Waals surface area contributed by atoms with Gasteiger partial charge in [-0.15, -0.1) is 0 Å². The number of esters is 1. The van der Waals surface area contributed by atoms with E-state index >= 15 is 0 Å². The first-order chi connectivity index (χ1) is 12.5. The second-order valence-corrected chi connectivity index (χ2v) is 5.86. The van der Waals surface area contributed by atoms with Gasteiger partial charge in [-0.25, -0.2) is 13.9 Å². The predicted octanol–water partition coefficient (Wildman–Crippen LogP) is 4.06. The molecule has 0 saturated carbocycles. The lowest BCUT2D eigenvalue weighted by Gasteiger charge is -2.06. The van der Waals surface area contributed by atoms with Crippen LogP contribution in [0.15, 0.2) is 54.7 Å². The Kier molecular flexibility index (Phi) is 4.81. The van der Waals surface area contributed by atoms with E-state index in [1.807, 2.05) is 37.3 Å². The van der Waals surface area contributed by atoms with Crippen molar-refractivity contribution in [2.75, 3.05) is 0 Å². The Balaban J connectivity index is 2.09. The summed E-state index contributed by atoms with van der Waals surface area (Å²) in [4.78, 5) is 12.5. The van der Waals surface area contributed by atoms with E-state index < -0.39 is 12.1 Å². The molecule has 5 nitrogen and oxygen atoms in total. The third-order valence-corrected chi connectivity index (χ3v) is 3.78. The number of carbonyl (C=O) groups is 1. The summed E-state index contributed by atoms with van der Waals surface area (Å²) >= 11 is 0. The number of aryl methyl sites for hydroxylation is 1. The van der Waals surface area contributed by atoms with Crippen LogP contribution in [0.1, 0.15) is 22.8 Å². The Morgan fingerprint density at radius 1 is 1.27 bits per heavy atom. The number of aromatic nitrogens is 2. The Hall–Kier alpha value is -3.46. The van der Waals surface area contributed by atoms with Crippen molar-refractivity contribution in [1.82, 2.24) is 9.78 Å². The molecule has 0 bridgehead atoms. The first-order valence-corrected chi connectivity index (χ1v) is 8.01. The summed E-state index contributed by atoms with van der Waals surface area (Å²) in [5.74, 6) is -0.994. The van der Waals surface area contributed by atoms with Crippen LogP contribution < -0.4 is 0 Å². The predicted molar refractivity (Wildman–Crippen MR) is 94.2 cm³/mol. The van der Waals surface area contributed by atoms with Crippen molar-refractivity contribution >= 4 is 5.97 Å². The number of halogens is 1. The Bertz CT molecular complexity index is 987. The van der Waals surface area contributed by atoms with Gasteiger partial charge in [-0.1, -0.05) is 23.8 Å². The van der Waals surface area contributed by atoms with Crippen molar-refractivity contribution < 1.29 is 13.9 Å². The molecule has 1 atom stereocenters. The average molecular weight is 349 g/mol. The van der Waals surface area contributed by atoms with Gasteiger partial charge in [-0.3, -0.25) is 0 Å². The zero-order valence-corrected chi connectivity index (χ0v) is 14.3. The standard InChI is InChI=1S/C20H16FN3O2/c1-13-4-3-5-15(10-13)19-18(20(25)26-14(2)11-22)12-24(23-19)17-8-6-16(21)7-9-17/h3-10,12,14H,1-2H3/t14-/m0/s1. The number of nitriles is 1. The molecule has 26 heavy (non-hydrogen) atoms. The van der Waals surface area contributed by atoms with Gasteiger partial charge in [0.1, 0.15) is 23.1 Å². The maximum absolute atomic E-state index is 13.2. The normalized spacial score (nSPS) is 11.6. The van der Waals surface area contributed by atoms with E-state index in [0.717, 1.165) is 11.1 Å². The van der Waals surface area contributed by atoms with Crippen LogP contribution in [0.25, 0.3) is 16.9 Å². The number of benzene rings is 2. The molecule has 0 spiro atoms. The molecule has 0 radical (unpaired) electrons. The van der Waals surface area contributed by atoms with Crippen molar-refractivity contribution in [2.45, 2.75) is 20.0 Å². The summed E-state index contributed by atoms with van der Waals surface area (Å²) in [7, 11) is 0. The van der Waals surface area contributed by atoms with E-state index in [-0.39, 0.29) is 11.4 Å². The molecule has 3 rings (SSSR count). The summed E-state index contributed by atoms with van der Waals surface area (Å²) in [5.41, 5.74) is 3.05. The van der Waals surface area contributed by atoms with E-state index in [2.05, 4.69) is 5.10 Å². The third-order valence-electron chi connectivity index (χ3n) is 3.78. The molecule has 0 N–H and O–H groups in total. The SMILES string of the molecule is Cc1cccc(-c2nn(-c3ccc(F)cc3)cc2C(=O)O[C@@H](C)C#N)c1. The molecule has 0 saturated heterocycles. The Morgan fingerprint density at radius 2 is 2.00 bits per heavy atom. The van der Waals surface area contributed by atoms with Crippen LogP contribution >= 0.6 is 0 Å². The largest absolute Gasteiger partial charge is 0.444 e. The smallest absolute Gasteiger partial charge is 0.343 e. The van der Waals surface area contributed by atoms with Crippen LogP contribution in [0, 0.1) is 24.1 Å². The summed E-state index contributed by atoms with van der Waals surface area (Å²) < 4.78 is 19.8. The van der Waals surface area contributed by atoms with Gasteiger partial charge in [0.05, 0.1) is 5.69 Å². The number of hydrogen-bond acceptors (Lipinski definition) is 4. The van der Waals surface area contributed by atoms with E-state index in [9.17, 15) is 9.18 Å². The molecule has 130 valence electrons. The van der Waals surface area contributed by atoms with Crippen LogP contribution in [0.3, 0.4) is 0 Å². The highest BCUT2D eigenvalue weighted by atomic mass is 19.1. The number of ether oxygens (including phenoxy) is 1. The topological polar surface area (TPSA) is 67.9 Å². The second kappa shape index (κ2) is 7.19. The first-order valence-electron chi connectivity index (χ1n) is 8.01. The number of hydrogen-bond donors (Lipinski definition) is 0. The molecule has 0 fully saturated rings. The lowest BCUT2D eigenvalue weighted by Crippen LogP contribution is -2.13. The van der Waals surface area contributed by atoms with Crippen LogP contribution in [0.4, 0.5) is 4.39 Å². The van der Waals surface area contributed by atoms with Crippen molar-refractivity contribution in [3.05, 3.63) is 71.7 Å². The van der Waals surface area contributed by atoms with E-state index in [4.69, 9.17) is 10.00 Å². The number of carbonyl (C=O) groups excluding carboxylic acids is 1. The zero-order valence-electron chi connectivity index (χ0n) is 14.3. The molecule has 3 aromatic rings. The van der Waals surface area contributed by atoms with Gasteiger partial charge in [0.2, 0.25) is 0 Å². The molecule has 1 aromatic heterocycles. The van der Waals surface area contributed by atoms with Crippen molar-refractivity contribution in [1.29, 1.82) is 5.26 Å². The van der Waals surface area contributed by atoms with Crippen LogP contribution in [-0.2, 0) is 4.74 Å². The average Bonchev–Trinajstić information content (AvgIpc) is 3.07. The van der Waals surface area contributed by atoms with Crippen molar-refractivity contribution in [3.8, 4) is 23.0 Å². The summed E-state index contributed by atoms with van der Waals surface area (Å²) in [6.07, 6.45) is 0.652. The van der Waals surface area contributed by atoms with Gasteiger partial charge in [0.25, 0.3) is 0 Å². The van der Waals surface area contributed by atoms with Crippen molar-refractivity contribution in [3.63, 3.8) is 0 Å². The third kappa shape index (κ3) is 3.62. The maximum atomic E-state index is 13.2. The molecule has 0 amide bonds. The summed E-state index contributed by atoms with van der Waals surface area (Å²) in [6, 6.07) is 15.2. The monoisotopic (exact) mass is 349 g/mol. The van der Waals surface area contributed by atoms with Gasteiger partial charge in [0, 0.05) is 11.8 Å². The molecule has 0 aliphatic carbocycles. The molecule has 1 heterocycles. The van der Waals surface area contributed by atoms with Gasteiger partial charge in [-0.2, -0.15) is 10.4 Å². The summed E-state index contributed by atoms with van der Waals surface area (Å²) in [6.45, 7) is 3.44. The first kappa shape index (κ1) is 17.4. The van der Waals surface area contributed by atoms with Crippen LogP contribution in [0.5, 0.6) is 0 Å². The van der Waals surface area contributed by atoms with E-state index in [1.54, 1.807) is 12.1 Å². The Labute approximate surface area is 150 Å². The maximum Gasteiger partial charge on any atom is 0.343 e. The van der Waals surface area contributed by atoms with Gasteiger partial charge < -0.3 is 4.74 Å². The summed E-state index contributed by atoms with van der Waals surface area (Å²) in [5, 5.41) is 13.4. The molecule has 0 unspecified atom stereocenters. The molecule has 0 aliphatic heterocycles. The van der Waals surface area contributed by atoms with Gasteiger partial charge in [-0.05, 0) is 44.2 Å². The zero-order chi connectivity index (χ0) is 18.7. The highest BCUT2D eigenvalue weighted by Crippen LogP contribution is 2.25. The second-order valence-electron chi connectivity index (χ2n) is 5.86. The fourth-order valence-corrected chi connectivity index (χ4v) is 2.51. The Morgan fingerprint density at radius 3 is 2.65 bits per heavy atom. The van der Waals surface area contributed by atoms with Crippen LogP contribution in [-0.4, -0.2) is 21.9 Å². The molecule has 0 aliphatic rings. The fraction of sp³-hybridized carbons (Fsp3) is 0.150. The lowest BCUT2D eigenvalue weighted by molar-refractivity contribution is 0.0436. The molecular formula is C20H16FN3O2. The lowest BCUT2D eigenvalue weighted by atomic mass is 10.1. The number of nitrogens with zero attached hydrogens (tertiary/aromatic N) is 3. The minimum absolute atomic E-state index is 0.238. The van der Waals surface area contributed by atoms with Crippen molar-refractivity contribution in [2.24, 2.45) is 0 Å². The highest BCUT2D eigenvalue weighted by molar-refractivity contribution is 5.96.